The number of carbonyl (C=O) groups is 3. The third kappa shape index (κ3) is 5.46. The molecule has 0 radical (unpaired) electrons. The van der Waals surface area contributed by atoms with Crippen molar-refractivity contribution in [3.63, 3.8) is 0 Å². The summed E-state index contributed by atoms with van der Waals surface area (Å²) in [7, 11) is 0. The first-order valence-electron chi connectivity index (χ1n) is 11.7. The van der Waals surface area contributed by atoms with Crippen LogP contribution < -0.4 is 14.8 Å². The fraction of sp³-hybridized carbons (Fsp3) is 0.0333. The Labute approximate surface area is 227 Å². The Balaban J connectivity index is 1.45. The van der Waals surface area contributed by atoms with Crippen LogP contribution in [-0.4, -0.2) is 28.1 Å². The normalized spacial score (nSPS) is 10.8. The van der Waals surface area contributed by atoms with Crippen LogP contribution in [0.25, 0.3) is 21.5 Å². The molecule has 9 heteroatoms. The lowest BCUT2D eigenvalue weighted by molar-refractivity contribution is -0.131. The maximum atomic E-state index is 13.1. The van der Waals surface area contributed by atoms with Gasteiger partial charge in [0.05, 0.1) is 11.3 Å². The van der Waals surface area contributed by atoms with Crippen LogP contribution in [-0.2, 0) is 4.79 Å². The summed E-state index contributed by atoms with van der Waals surface area (Å²) in [6.45, 7) is 1.24. The molecule has 5 aromatic carbocycles. The Morgan fingerprint density at radius 1 is 0.718 bits per heavy atom. The van der Waals surface area contributed by atoms with E-state index in [1.807, 2.05) is 24.3 Å². The SMILES string of the molecule is CC(=O)Oc1cc2ccccc2cc1C(=O)Oc1ccc2cc(O)c(C(=O)Nc3ccc(Cl)cc3O)cc2c1. The molecule has 0 fully saturated rings. The van der Waals surface area contributed by atoms with Gasteiger partial charge in [-0.1, -0.05) is 41.9 Å². The van der Waals surface area contributed by atoms with E-state index in [2.05, 4.69) is 5.32 Å². The van der Waals surface area contributed by atoms with Crippen molar-refractivity contribution in [1.29, 1.82) is 0 Å². The van der Waals surface area contributed by atoms with Crippen LogP contribution in [0.1, 0.15) is 27.6 Å². The summed E-state index contributed by atoms with van der Waals surface area (Å²) in [5.74, 6) is -2.26. The standard InChI is InChI=1S/C30H20ClNO7/c1-16(33)38-28-14-18-5-3-2-4-17(18)11-24(28)30(37)39-22-8-6-19-13-26(34)23(12-20(19)10-22)29(36)32-25-9-7-21(31)15-27(25)35/h2-15,34-35H,1H3,(H,32,36). The molecular formula is C30H20ClNO7. The number of hydrogen-bond acceptors (Lipinski definition) is 7. The molecular weight excluding hydrogens is 522 g/mol. The third-order valence-electron chi connectivity index (χ3n) is 5.91. The summed E-state index contributed by atoms with van der Waals surface area (Å²) in [6, 6.07) is 22.2. The number of aromatic hydroxyl groups is 2. The largest absolute Gasteiger partial charge is 0.507 e. The summed E-state index contributed by atoms with van der Waals surface area (Å²) in [4.78, 5) is 37.6. The Morgan fingerprint density at radius 3 is 2.13 bits per heavy atom. The number of ether oxygens (including phenoxy) is 2. The van der Waals surface area contributed by atoms with Crippen molar-refractivity contribution in [2.45, 2.75) is 6.92 Å². The van der Waals surface area contributed by atoms with Crippen molar-refractivity contribution in [2.24, 2.45) is 0 Å². The lowest BCUT2D eigenvalue weighted by atomic mass is 10.0. The number of benzene rings is 5. The second kappa shape index (κ2) is 10.4. The van der Waals surface area contributed by atoms with Gasteiger partial charge in [0.15, 0.2) is 0 Å². The van der Waals surface area contributed by atoms with Crippen molar-refractivity contribution >= 4 is 56.7 Å². The average Bonchev–Trinajstić information content (AvgIpc) is 2.89. The first-order valence-corrected chi connectivity index (χ1v) is 12.1. The van der Waals surface area contributed by atoms with Gasteiger partial charge in [-0.3, -0.25) is 9.59 Å². The van der Waals surface area contributed by atoms with Gasteiger partial charge in [-0.2, -0.15) is 0 Å². The number of carbonyl (C=O) groups excluding carboxylic acids is 3. The summed E-state index contributed by atoms with van der Waals surface area (Å²) in [5, 5.41) is 25.9. The van der Waals surface area contributed by atoms with Gasteiger partial charge >= 0.3 is 11.9 Å². The highest BCUT2D eigenvalue weighted by molar-refractivity contribution is 6.30. The molecule has 0 aliphatic carbocycles. The minimum atomic E-state index is -0.744. The molecule has 39 heavy (non-hydrogen) atoms. The number of halogens is 1. The van der Waals surface area contributed by atoms with Crippen LogP contribution in [0.5, 0.6) is 23.0 Å². The Hall–Kier alpha value is -5.08. The Bertz CT molecular complexity index is 1800. The minimum absolute atomic E-state index is 0.0630. The van der Waals surface area contributed by atoms with E-state index in [4.69, 9.17) is 21.1 Å². The van der Waals surface area contributed by atoms with Crippen LogP contribution in [0.2, 0.25) is 5.02 Å². The first-order chi connectivity index (χ1) is 18.7. The molecule has 1 amide bonds. The molecule has 0 aliphatic heterocycles. The minimum Gasteiger partial charge on any atom is -0.507 e. The topological polar surface area (TPSA) is 122 Å². The van der Waals surface area contributed by atoms with Crippen LogP contribution in [0.3, 0.4) is 0 Å². The van der Waals surface area contributed by atoms with Crippen molar-refractivity contribution in [3.8, 4) is 23.0 Å². The lowest BCUT2D eigenvalue weighted by Gasteiger charge is -2.12. The van der Waals surface area contributed by atoms with E-state index >= 15 is 0 Å². The van der Waals surface area contributed by atoms with E-state index in [0.29, 0.717) is 15.8 Å². The zero-order chi connectivity index (χ0) is 27.7. The van der Waals surface area contributed by atoms with Gasteiger partial charge in [0.25, 0.3) is 5.91 Å². The van der Waals surface area contributed by atoms with Crippen LogP contribution in [0.4, 0.5) is 5.69 Å². The van der Waals surface area contributed by atoms with E-state index in [0.717, 1.165) is 10.8 Å². The van der Waals surface area contributed by atoms with Crippen LogP contribution >= 0.6 is 11.6 Å². The fourth-order valence-electron chi connectivity index (χ4n) is 4.09. The van der Waals surface area contributed by atoms with E-state index < -0.39 is 17.8 Å². The number of phenols is 2. The average molecular weight is 542 g/mol. The molecule has 0 spiro atoms. The second-order valence-corrected chi connectivity index (χ2v) is 9.11. The summed E-state index contributed by atoms with van der Waals surface area (Å²) in [6.07, 6.45) is 0. The molecule has 194 valence electrons. The third-order valence-corrected chi connectivity index (χ3v) is 6.15. The molecule has 8 nitrogen and oxygen atoms in total. The zero-order valence-corrected chi connectivity index (χ0v) is 21.2. The maximum Gasteiger partial charge on any atom is 0.347 e. The number of esters is 2. The zero-order valence-electron chi connectivity index (χ0n) is 20.4. The van der Waals surface area contributed by atoms with E-state index in [9.17, 15) is 24.6 Å². The predicted octanol–water partition coefficient (Wildman–Crippen LogP) is 6.45. The lowest BCUT2D eigenvalue weighted by Crippen LogP contribution is -2.13. The van der Waals surface area contributed by atoms with Gasteiger partial charge < -0.3 is 25.0 Å². The molecule has 5 rings (SSSR count). The number of nitrogens with one attached hydrogen (secondary N) is 1. The number of hydrogen-bond donors (Lipinski definition) is 3. The van der Waals surface area contributed by atoms with Crippen molar-refractivity contribution < 1.29 is 34.1 Å². The van der Waals surface area contributed by atoms with Gasteiger partial charge in [0, 0.05) is 18.0 Å². The van der Waals surface area contributed by atoms with Crippen LogP contribution in [0, 0.1) is 0 Å². The quantitative estimate of drug-likeness (QED) is 0.133. The molecule has 0 atom stereocenters. The number of rotatable bonds is 5. The number of anilines is 1. The van der Waals surface area contributed by atoms with Gasteiger partial charge in [-0.15, -0.1) is 0 Å². The molecule has 0 saturated carbocycles. The predicted molar refractivity (Wildman–Crippen MR) is 147 cm³/mol. The molecule has 0 unspecified atom stereocenters. The van der Waals surface area contributed by atoms with E-state index in [-0.39, 0.29) is 39.8 Å². The summed E-state index contributed by atoms with van der Waals surface area (Å²) < 4.78 is 10.9. The highest BCUT2D eigenvalue weighted by Gasteiger charge is 2.19. The molecule has 0 bridgehead atoms. The molecule has 0 aliphatic rings. The van der Waals surface area contributed by atoms with Crippen LogP contribution in [0.15, 0.2) is 84.9 Å². The molecule has 3 N–H and O–H groups in total. The van der Waals surface area contributed by atoms with Crippen molar-refractivity contribution in [3.05, 3.63) is 101 Å². The number of fused-ring (bicyclic) bond motifs is 2. The van der Waals surface area contributed by atoms with Gasteiger partial charge in [0.1, 0.15) is 28.6 Å². The van der Waals surface area contributed by atoms with E-state index in [1.54, 1.807) is 18.2 Å². The first kappa shape index (κ1) is 25.6. The van der Waals surface area contributed by atoms with Gasteiger partial charge in [-0.05, 0) is 70.1 Å². The molecule has 0 aromatic heterocycles. The van der Waals surface area contributed by atoms with Gasteiger partial charge in [0.2, 0.25) is 0 Å². The Morgan fingerprint density at radius 2 is 1.41 bits per heavy atom. The number of phenolic OH excluding ortho intramolecular Hbond substituents is 2. The van der Waals surface area contributed by atoms with Crippen molar-refractivity contribution in [1.82, 2.24) is 0 Å². The highest BCUT2D eigenvalue weighted by Crippen LogP contribution is 2.32. The molecule has 5 aromatic rings. The van der Waals surface area contributed by atoms with Crippen molar-refractivity contribution in [2.75, 3.05) is 5.32 Å². The van der Waals surface area contributed by atoms with E-state index in [1.165, 1.54) is 49.4 Å². The fourth-order valence-corrected chi connectivity index (χ4v) is 4.26. The second-order valence-electron chi connectivity index (χ2n) is 8.67. The highest BCUT2D eigenvalue weighted by atomic mass is 35.5. The maximum absolute atomic E-state index is 13.1. The summed E-state index contributed by atoms with van der Waals surface area (Å²) in [5.41, 5.74) is 0.120. The molecule has 0 heterocycles. The number of amides is 1. The monoisotopic (exact) mass is 541 g/mol. The van der Waals surface area contributed by atoms with Gasteiger partial charge in [-0.25, -0.2) is 4.79 Å². The Kier molecular flexibility index (Phi) is 6.79. The molecule has 0 saturated heterocycles. The summed E-state index contributed by atoms with van der Waals surface area (Å²) >= 11 is 5.84. The smallest absolute Gasteiger partial charge is 0.347 e.